The van der Waals surface area contributed by atoms with Crippen molar-refractivity contribution in [2.24, 2.45) is 7.05 Å². The molecule has 6 nitrogen and oxygen atoms in total. The summed E-state index contributed by atoms with van der Waals surface area (Å²) in [6.07, 6.45) is 11.5. The number of ether oxygens (including phenoxy) is 2. The molecule has 1 aromatic carbocycles. The number of aryl methyl sites for hydroxylation is 1. The molecule has 29 heavy (non-hydrogen) atoms. The number of aromatic nitrogens is 2. The van der Waals surface area contributed by atoms with Crippen LogP contribution in [0.25, 0.3) is 6.08 Å². The Morgan fingerprint density at radius 3 is 2.90 bits per heavy atom. The number of carbonyl (C=O) groups is 1. The van der Waals surface area contributed by atoms with Crippen molar-refractivity contribution in [2.75, 3.05) is 6.79 Å². The molecule has 1 aromatic heterocycles. The van der Waals surface area contributed by atoms with Gasteiger partial charge in [0.05, 0.1) is 12.2 Å². The van der Waals surface area contributed by atoms with E-state index in [9.17, 15) is 4.79 Å². The lowest BCUT2D eigenvalue weighted by atomic mass is 10.1. The normalized spacial score (nSPS) is 18.0. The van der Waals surface area contributed by atoms with Crippen LogP contribution in [-0.4, -0.2) is 33.4 Å². The summed E-state index contributed by atoms with van der Waals surface area (Å²) in [7, 11) is 2.02. The van der Waals surface area contributed by atoms with Gasteiger partial charge in [-0.25, -0.2) is 0 Å². The highest BCUT2D eigenvalue weighted by atomic mass is 16.7. The number of fused-ring (bicyclic) bond motifs is 2. The Morgan fingerprint density at radius 2 is 2.03 bits per heavy atom. The molecular weight excluding hydrogens is 366 g/mol. The van der Waals surface area contributed by atoms with Crippen molar-refractivity contribution in [1.82, 2.24) is 14.7 Å². The Kier molecular flexibility index (Phi) is 4.78. The molecule has 0 bridgehead atoms. The van der Waals surface area contributed by atoms with Gasteiger partial charge in [-0.3, -0.25) is 9.48 Å². The van der Waals surface area contributed by atoms with E-state index in [1.165, 1.54) is 30.5 Å². The van der Waals surface area contributed by atoms with Crippen molar-refractivity contribution >= 4 is 12.0 Å². The molecule has 0 spiro atoms. The average molecular weight is 393 g/mol. The smallest absolute Gasteiger partial charge is 0.247 e. The minimum absolute atomic E-state index is 0.0620. The van der Waals surface area contributed by atoms with Crippen LogP contribution in [0, 0.1) is 0 Å². The van der Waals surface area contributed by atoms with Crippen molar-refractivity contribution in [3.8, 4) is 11.5 Å². The van der Waals surface area contributed by atoms with E-state index in [4.69, 9.17) is 14.6 Å². The van der Waals surface area contributed by atoms with Gasteiger partial charge in [-0.1, -0.05) is 18.9 Å². The number of benzene rings is 1. The van der Waals surface area contributed by atoms with Crippen molar-refractivity contribution < 1.29 is 14.3 Å². The van der Waals surface area contributed by atoms with E-state index >= 15 is 0 Å². The molecule has 1 amide bonds. The monoisotopic (exact) mass is 393 g/mol. The van der Waals surface area contributed by atoms with Crippen LogP contribution in [0.5, 0.6) is 11.5 Å². The van der Waals surface area contributed by atoms with Crippen molar-refractivity contribution in [3.05, 3.63) is 46.8 Å². The van der Waals surface area contributed by atoms with Gasteiger partial charge in [0.2, 0.25) is 12.7 Å². The molecule has 2 aromatic rings. The predicted octanol–water partition coefficient (Wildman–Crippen LogP) is 3.62. The first kappa shape index (κ1) is 18.3. The molecule has 1 aliphatic heterocycles. The zero-order chi connectivity index (χ0) is 19.8. The first-order chi connectivity index (χ1) is 14.2. The lowest BCUT2D eigenvalue weighted by Crippen LogP contribution is -2.37. The third-order valence-corrected chi connectivity index (χ3v) is 6.38. The molecule has 6 heteroatoms. The predicted molar refractivity (Wildman–Crippen MR) is 110 cm³/mol. The molecule has 1 fully saturated rings. The highest BCUT2D eigenvalue weighted by molar-refractivity contribution is 5.92. The third kappa shape index (κ3) is 3.52. The van der Waals surface area contributed by atoms with Gasteiger partial charge < -0.3 is 14.4 Å². The van der Waals surface area contributed by atoms with Crippen molar-refractivity contribution in [3.63, 3.8) is 0 Å². The van der Waals surface area contributed by atoms with Crippen LogP contribution in [-0.2, 0) is 31.2 Å². The standard InChI is InChI=1S/C23H27N3O3/c1-25-20-8-4-7-18(20)19(24-25)14-26(17-5-2-3-6-17)23(27)12-10-16-9-11-21-22(13-16)29-15-28-21/h9-13,17H,2-8,14-15H2,1H3/b12-10+. The van der Waals surface area contributed by atoms with E-state index < -0.39 is 0 Å². The molecule has 0 saturated heterocycles. The van der Waals surface area contributed by atoms with Crippen LogP contribution in [0.15, 0.2) is 24.3 Å². The largest absolute Gasteiger partial charge is 0.454 e. The summed E-state index contributed by atoms with van der Waals surface area (Å²) in [5.74, 6) is 1.55. The first-order valence-corrected chi connectivity index (χ1v) is 10.6. The maximum atomic E-state index is 13.2. The summed E-state index contributed by atoms with van der Waals surface area (Å²) >= 11 is 0. The van der Waals surface area contributed by atoms with Gasteiger partial charge >= 0.3 is 0 Å². The van der Waals surface area contributed by atoms with Gasteiger partial charge in [0.15, 0.2) is 11.5 Å². The zero-order valence-electron chi connectivity index (χ0n) is 16.9. The first-order valence-electron chi connectivity index (χ1n) is 10.6. The Bertz CT molecular complexity index is 957. The number of nitrogens with zero attached hydrogens (tertiary/aromatic N) is 3. The summed E-state index contributed by atoms with van der Waals surface area (Å²) in [5, 5.41) is 4.75. The second-order valence-electron chi connectivity index (χ2n) is 8.20. The minimum Gasteiger partial charge on any atom is -0.454 e. The summed E-state index contributed by atoms with van der Waals surface area (Å²) in [6.45, 7) is 0.865. The quantitative estimate of drug-likeness (QED) is 0.728. The summed E-state index contributed by atoms with van der Waals surface area (Å²) < 4.78 is 12.8. The van der Waals surface area contributed by atoms with Crippen LogP contribution in [0.3, 0.4) is 0 Å². The number of rotatable bonds is 5. The molecular formula is C23H27N3O3. The average Bonchev–Trinajstić information content (AvgIpc) is 3.51. The van der Waals surface area contributed by atoms with E-state index in [1.54, 1.807) is 6.08 Å². The second kappa shape index (κ2) is 7.58. The second-order valence-corrected chi connectivity index (χ2v) is 8.20. The number of hydrogen-bond acceptors (Lipinski definition) is 4. The maximum Gasteiger partial charge on any atom is 0.247 e. The Hall–Kier alpha value is -2.76. The highest BCUT2D eigenvalue weighted by Crippen LogP contribution is 2.33. The van der Waals surface area contributed by atoms with Gasteiger partial charge in [0, 0.05) is 24.9 Å². The van der Waals surface area contributed by atoms with Crippen LogP contribution in [0.4, 0.5) is 0 Å². The van der Waals surface area contributed by atoms with Gasteiger partial charge in [0.25, 0.3) is 0 Å². The topological polar surface area (TPSA) is 56.6 Å². The van der Waals surface area contributed by atoms with E-state index in [0.717, 1.165) is 48.4 Å². The fourth-order valence-electron chi connectivity index (χ4n) is 4.87. The SMILES string of the molecule is Cn1nc(CN(C(=O)/C=C/c2ccc3c(c2)OCO3)C2CCCC2)c2c1CCC2. The molecule has 3 aliphatic rings. The fourth-order valence-corrected chi connectivity index (χ4v) is 4.87. The van der Waals surface area contributed by atoms with E-state index in [-0.39, 0.29) is 12.7 Å². The zero-order valence-corrected chi connectivity index (χ0v) is 16.9. The maximum absolute atomic E-state index is 13.2. The Labute approximate surface area is 171 Å². The van der Waals surface area contributed by atoms with E-state index in [2.05, 4.69) is 0 Å². The van der Waals surface area contributed by atoms with Gasteiger partial charge in [0.1, 0.15) is 0 Å². The summed E-state index contributed by atoms with van der Waals surface area (Å²) in [5.41, 5.74) is 4.72. The van der Waals surface area contributed by atoms with Gasteiger partial charge in [-0.05, 0) is 61.4 Å². The van der Waals surface area contributed by atoms with E-state index in [0.29, 0.717) is 12.6 Å². The number of amides is 1. The molecule has 5 rings (SSSR count). The molecule has 152 valence electrons. The summed E-state index contributed by atoms with van der Waals surface area (Å²) in [6, 6.07) is 6.06. The fraction of sp³-hybridized carbons (Fsp3) is 0.478. The van der Waals surface area contributed by atoms with Gasteiger partial charge in [-0.15, -0.1) is 0 Å². The van der Waals surface area contributed by atoms with Crippen molar-refractivity contribution in [1.29, 1.82) is 0 Å². The molecule has 0 N–H and O–H groups in total. The van der Waals surface area contributed by atoms with Crippen LogP contribution in [0.2, 0.25) is 0 Å². The number of carbonyl (C=O) groups excluding carboxylic acids is 1. The lowest BCUT2D eigenvalue weighted by Gasteiger charge is -2.27. The highest BCUT2D eigenvalue weighted by Gasteiger charge is 2.29. The molecule has 1 saturated carbocycles. The molecule has 0 unspecified atom stereocenters. The van der Waals surface area contributed by atoms with Crippen LogP contribution < -0.4 is 9.47 Å². The molecule has 0 radical (unpaired) electrons. The Morgan fingerprint density at radius 1 is 1.21 bits per heavy atom. The molecule has 2 heterocycles. The number of hydrogen-bond donors (Lipinski definition) is 0. The molecule has 0 atom stereocenters. The van der Waals surface area contributed by atoms with E-state index in [1.807, 2.05) is 40.9 Å². The third-order valence-electron chi connectivity index (χ3n) is 6.38. The lowest BCUT2D eigenvalue weighted by molar-refractivity contribution is -0.128. The summed E-state index contributed by atoms with van der Waals surface area (Å²) in [4.78, 5) is 15.2. The Balaban J connectivity index is 1.36. The van der Waals surface area contributed by atoms with Gasteiger partial charge in [-0.2, -0.15) is 5.10 Å². The van der Waals surface area contributed by atoms with Crippen LogP contribution >= 0.6 is 0 Å². The van der Waals surface area contributed by atoms with Crippen molar-refractivity contribution in [2.45, 2.75) is 57.5 Å². The van der Waals surface area contributed by atoms with Crippen LogP contribution in [0.1, 0.15) is 54.6 Å². The minimum atomic E-state index is 0.0620. The molecule has 2 aliphatic carbocycles.